The molecule has 4 saturated heterocycles. The van der Waals surface area contributed by atoms with Gasteiger partial charge in [-0.05, 0) is 265 Å². The van der Waals surface area contributed by atoms with E-state index < -0.39 is 37.8 Å². The second-order valence-electron chi connectivity index (χ2n) is 38.0. The molecule has 5 N–H and O–H groups in total. The Labute approximate surface area is 811 Å². The number of amides is 1. The minimum absolute atomic E-state index is 0.178. The second-order valence-corrected chi connectivity index (χ2v) is 42.2. The Hall–Kier alpha value is -12.0. The molecule has 32 nitrogen and oxygen atoms in total. The van der Waals surface area contributed by atoms with Crippen LogP contribution in [0.1, 0.15) is 225 Å². The minimum Gasteiger partial charge on any atom is -0.494 e. The van der Waals surface area contributed by atoms with E-state index in [0.717, 1.165) is 192 Å². The lowest BCUT2D eigenvalue weighted by Gasteiger charge is -2.41. The lowest BCUT2D eigenvalue weighted by molar-refractivity contribution is -0.141. The summed E-state index contributed by atoms with van der Waals surface area (Å²) in [6.45, 7) is 12.5. The molecule has 20 rings (SSSR count). The fourth-order valence-electron chi connectivity index (χ4n) is 21.4. The molecule has 0 atom stereocenters. The number of methoxy groups -OCH3 is 1. The molecule has 37 heteroatoms. The van der Waals surface area contributed by atoms with Crippen molar-refractivity contribution in [1.29, 1.82) is 21.0 Å². The number of sulfonamides is 2. The van der Waals surface area contributed by atoms with Gasteiger partial charge in [-0.15, -0.1) is 0 Å². The van der Waals surface area contributed by atoms with Crippen LogP contribution in [0.25, 0.3) is 54.5 Å². The quantitative estimate of drug-likeness (QED) is 0.0502. The molecule has 4 aliphatic heterocycles. The number of ether oxygens (including phenoxy) is 1. The molecule has 5 saturated carbocycles. The van der Waals surface area contributed by atoms with Crippen LogP contribution >= 0.6 is 0 Å². The van der Waals surface area contributed by atoms with E-state index in [4.69, 9.17) is 15.3 Å². The highest BCUT2D eigenvalue weighted by molar-refractivity contribution is 7.89. The molecule has 1 amide bonds. The fraction of sp³-hybridized carbons (Fsp3) is 0.520. The molecule has 139 heavy (non-hydrogen) atoms. The maximum Gasteiger partial charge on any atom is 0.433 e. The van der Waals surface area contributed by atoms with Crippen molar-refractivity contribution in [2.24, 2.45) is 0 Å². The fourth-order valence-corrected chi connectivity index (χ4v) is 23.3. The number of rotatable bonds is 19. The topological polar surface area (TPSA) is 403 Å². The van der Waals surface area contributed by atoms with Crippen molar-refractivity contribution in [3.63, 3.8) is 0 Å². The molecule has 0 bridgehead atoms. The van der Waals surface area contributed by atoms with Crippen LogP contribution in [0.15, 0.2) is 135 Å². The van der Waals surface area contributed by atoms with Crippen LogP contribution in [0.2, 0.25) is 0 Å². The average molecular weight is 1930 g/mol. The number of hydrogen-bond acceptors (Lipinski definition) is 28. The zero-order valence-corrected chi connectivity index (χ0v) is 81.1. The lowest BCUT2D eigenvalue weighted by atomic mass is 9.89. The highest BCUT2D eigenvalue weighted by Gasteiger charge is 2.37. The van der Waals surface area contributed by atoms with E-state index >= 15 is 0 Å². The summed E-state index contributed by atoms with van der Waals surface area (Å²) in [5, 5.41) is 62.7. The van der Waals surface area contributed by atoms with Gasteiger partial charge in [0.25, 0.3) is 5.91 Å². The van der Waals surface area contributed by atoms with Crippen molar-refractivity contribution in [3.05, 3.63) is 168 Å². The highest BCUT2D eigenvalue weighted by atomic mass is 32.2. The van der Waals surface area contributed by atoms with Crippen molar-refractivity contribution in [2.45, 2.75) is 241 Å². The van der Waals surface area contributed by atoms with Gasteiger partial charge in [-0.3, -0.25) is 19.3 Å². The molecular weight excluding hydrogens is 1810 g/mol. The van der Waals surface area contributed by atoms with E-state index in [9.17, 15) is 45.3 Å². The monoisotopic (exact) mass is 1930 g/mol. The van der Waals surface area contributed by atoms with Gasteiger partial charge in [-0.25, -0.2) is 61.7 Å². The van der Waals surface area contributed by atoms with E-state index in [1.807, 2.05) is 71.5 Å². The number of piperazine rings is 2. The number of nitriles is 4. The van der Waals surface area contributed by atoms with Gasteiger partial charge in [-0.1, -0.05) is 38.2 Å². The van der Waals surface area contributed by atoms with Gasteiger partial charge in [0.1, 0.15) is 65.7 Å². The zero-order chi connectivity index (χ0) is 97.0. The van der Waals surface area contributed by atoms with Gasteiger partial charge in [0.05, 0.1) is 105 Å². The Balaban J connectivity index is 0.000000126. The molecule has 0 spiro atoms. The van der Waals surface area contributed by atoms with Gasteiger partial charge in [0.15, 0.2) is 0 Å². The summed E-state index contributed by atoms with van der Waals surface area (Å²) in [6.07, 6.45) is 37.3. The number of fused-ring (bicyclic) bond motifs is 5. The van der Waals surface area contributed by atoms with E-state index in [1.165, 1.54) is 155 Å². The molecule has 6 aromatic heterocycles. The van der Waals surface area contributed by atoms with Crippen molar-refractivity contribution in [2.75, 3.05) is 124 Å². The number of halogens is 3. The van der Waals surface area contributed by atoms with Crippen LogP contribution in [0, 0.1) is 45.3 Å². The van der Waals surface area contributed by atoms with Gasteiger partial charge < -0.3 is 41.1 Å². The molecule has 0 radical (unpaired) electrons. The molecule has 11 aromatic rings. The maximum absolute atomic E-state index is 12.9. The van der Waals surface area contributed by atoms with Gasteiger partial charge in [-0.2, -0.15) is 47.9 Å². The van der Waals surface area contributed by atoms with E-state index in [0.29, 0.717) is 102 Å². The third kappa shape index (κ3) is 26.0. The SMILES string of the molecule is CCS(=O)(=O)N1CCN(C2CCC(Nc3ncnc4ccc(C#N)cc34)CC2)CC1.COc1cc2nn(C3CCCCC3)cc2cc1NC(=O)c1cccc(C(F)(F)F)n1.CS(=O)(=O)N1CCN(C2CCC(Nc3ncnc4ccc(C#N)cc34)CC2)CC1.N#Cc1ccc2ncnc(NC3CCC(N4CCCCC4)CC3)c2c1.N#Cc1ccc2ncnc(NC3CCC(N4CCCCC4)CC3)c2c1. The van der Waals surface area contributed by atoms with Crippen molar-refractivity contribution in [1.82, 2.24) is 82.8 Å². The number of likely N-dealkylation sites (tertiary alicyclic amines) is 2. The average Bonchev–Trinajstić information content (AvgIpc) is 1.56. The number of pyridine rings is 1. The maximum atomic E-state index is 12.9. The third-order valence-electron chi connectivity index (χ3n) is 29.1. The summed E-state index contributed by atoms with van der Waals surface area (Å²) >= 11 is 0. The molecule has 732 valence electrons. The normalized spacial score (nSPS) is 22.4. The summed E-state index contributed by atoms with van der Waals surface area (Å²) in [7, 11) is -4.70. The number of carbonyl (C=O) groups is 1. The van der Waals surface area contributed by atoms with Gasteiger partial charge >= 0.3 is 6.18 Å². The number of anilines is 5. The Morgan fingerprint density at radius 2 is 0.770 bits per heavy atom. The van der Waals surface area contributed by atoms with E-state index in [-0.39, 0.29) is 11.4 Å². The van der Waals surface area contributed by atoms with Crippen LogP contribution < -0.4 is 31.3 Å². The number of nitrogens with one attached hydrogen (secondary N) is 5. The van der Waals surface area contributed by atoms with Crippen LogP contribution in [0.4, 0.5) is 42.1 Å². The Bertz CT molecular complexity index is 6330. The van der Waals surface area contributed by atoms with E-state index in [1.54, 1.807) is 65.1 Å². The number of nitrogens with zero attached hydrogens (tertiary/aromatic N) is 21. The van der Waals surface area contributed by atoms with E-state index in [2.05, 4.69) is 120 Å². The molecule has 5 aliphatic carbocycles. The molecule has 5 aromatic carbocycles. The molecule has 0 unspecified atom stereocenters. The highest BCUT2D eigenvalue weighted by Crippen LogP contribution is 2.39. The first-order valence-electron chi connectivity index (χ1n) is 49.4. The summed E-state index contributed by atoms with van der Waals surface area (Å²) in [5.74, 6) is 3.11. The Kier molecular flexibility index (Phi) is 33.7. The first-order chi connectivity index (χ1) is 67.4. The third-order valence-corrected chi connectivity index (χ3v) is 32.3. The Morgan fingerprint density at radius 1 is 0.417 bits per heavy atom. The first kappa shape index (κ1) is 100.0. The summed E-state index contributed by atoms with van der Waals surface area (Å²) in [5.41, 5.74) is 5.58. The predicted octanol–water partition coefficient (Wildman–Crippen LogP) is 16.6. The van der Waals surface area contributed by atoms with Crippen LogP contribution in [0.5, 0.6) is 5.75 Å². The van der Waals surface area contributed by atoms with Crippen LogP contribution in [-0.2, 0) is 26.2 Å². The van der Waals surface area contributed by atoms with Crippen molar-refractivity contribution >= 4 is 109 Å². The van der Waals surface area contributed by atoms with Gasteiger partial charge in [0, 0.05) is 140 Å². The number of piperidine rings is 2. The molecular formula is C102H125F3N26O6S2. The van der Waals surface area contributed by atoms with Crippen molar-refractivity contribution < 1.29 is 39.5 Å². The standard InChI is InChI=1S/C21H21F3N4O2.C21H28N6O2S.C20H26N6O2S.2C20H25N5/c1-30-18-11-16-13(12-28(27-16)14-6-3-2-4-7-14)10-17(18)26-20(29)15-8-5-9-19(25-15)21(22,23)24;1-2-30(28,29)27-11-9-26(10-12-27)18-6-4-17(5-7-18)25-21-19-13-16(14-22)3-8-20(19)23-15-24-21;1-29(27,28)26-10-8-25(9-11-26)17-5-3-16(4-6-17)24-20-18-12-15(13-21)2-7-19(18)22-14-23-20;2*21-13-15-4-9-19-18(12-15)20(23-14-22-19)24-16-5-7-17(8-6-16)25-10-2-1-3-11-25/h5,8-12,14H,2-4,6-7H2,1H3,(H,26,29);3,8,13,15,17-18H,2,4-7,9-12H2,1H3,(H,23,24,25);2,7,12,14,16-17H,3-6,8-11H2,1H3,(H,22,23,24);2*4,9,12,14,16-17H,1-3,5-8,10-11H2,(H,22,23,24). The molecule has 10 heterocycles. The molecule has 9 aliphatic rings. The number of aromatic nitrogens is 11. The zero-order valence-electron chi connectivity index (χ0n) is 79.5. The van der Waals surface area contributed by atoms with Crippen LogP contribution in [-0.4, -0.2) is 252 Å². The number of benzene rings is 5. The Morgan fingerprint density at radius 3 is 1.11 bits per heavy atom. The number of hydrogen-bond donors (Lipinski definition) is 5. The summed E-state index contributed by atoms with van der Waals surface area (Å²) < 4.78 is 96.7. The van der Waals surface area contributed by atoms with Crippen molar-refractivity contribution in [3.8, 4) is 30.0 Å². The lowest BCUT2D eigenvalue weighted by Crippen LogP contribution is -2.53. The number of carbonyl (C=O) groups excluding carboxylic acids is 1. The summed E-state index contributed by atoms with van der Waals surface area (Å²) in [6, 6.07) is 42.0. The number of alkyl halides is 3. The van der Waals surface area contributed by atoms with Crippen LogP contribution in [0.3, 0.4) is 0 Å². The first-order valence-corrected chi connectivity index (χ1v) is 52.9. The molecule has 9 fully saturated rings. The minimum atomic E-state index is -4.62. The summed E-state index contributed by atoms with van der Waals surface area (Å²) in [4.78, 5) is 61.2. The largest absolute Gasteiger partial charge is 0.494 e. The smallest absolute Gasteiger partial charge is 0.433 e. The van der Waals surface area contributed by atoms with Gasteiger partial charge in [0.2, 0.25) is 20.0 Å². The second kappa shape index (κ2) is 46.8. The predicted molar refractivity (Wildman–Crippen MR) is 533 cm³/mol.